The van der Waals surface area contributed by atoms with Gasteiger partial charge in [0.05, 0.1) is 12.5 Å². The highest BCUT2D eigenvalue weighted by atomic mass is 16.5. The zero-order chi connectivity index (χ0) is 16.2. The Labute approximate surface area is 131 Å². The van der Waals surface area contributed by atoms with Crippen LogP contribution in [0.1, 0.15) is 32.3 Å². The molecule has 1 amide bonds. The summed E-state index contributed by atoms with van der Waals surface area (Å²) in [4.78, 5) is 26.2. The number of likely N-dealkylation sites (tertiary alicyclic amines) is 1. The van der Waals surface area contributed by atoms with E-state index >= 15 is 0 Å². The van der Waals surface area contributed by atoms with E-state index in [1.807, 2.05) is 30.3 Å². The van der Waals surface area contributed by atoms with E-state index in [4.69, 9.17) is 10.5 Å². The molecule has 1 saturated heterocycles. The molecule has 0 aromatic heterocycles. The molecule has 0 spiro atoms. The summed E-state index contributed by atoms with van der Waals surface area (Å²) in [6.45, 7) is 5.02. The third-order valence-electron chi connectivity index (χ3n) is 4.22. The number of ether oxygens (including phenoxy) is 1. The molecule has 1 fully saturated rings. The first kappa shape index (κ1) is 16.5. The number of carbonyl (C=O) groups is 2. The Bertz CT molecular complexity index is 520. The molecule has 1 aliphatic heterocycles. The average molecular weight is 304 g/mol. The minimum absolute atomic E-state index is 0.0963. The Hall–Kier alpha value is -1.88. The van der Waals surface area contributed by atoms with Gasteiger partial charge in [0.15, 0.2) is 0 Å². The lowest BCUT2D eigenvalue weighted by Crippen LogP contribution is -2.53. The van der Waals surface area contributed by atoms with E-state index in [1.165, 1.54) is 0 Å². The van der Waals surface area contributed by atoms with Crippen LogP contribution in [0.3, 0.4) is 0 Å². The predicted octanol–water partition coefficient (Wildman–Crippen LogP) is 1.66. The second-order valence-electron chi connectivity index (χ2n) is 5.89. The maximum absolute atomic E-state index is 12.7. The molecule has 1 aliphatic rings. The number of hydrogen-bond donors (Lipinski definition) is 1. The summed E-state index contributed by atoms with van der Waals surface area (Å²) in [6.07, 6.45) is 1.27. The fourth-order valence-corrected chi connectivity index (χ4v) is 2.81. The van der Waals surface area contributed by atoms with Gasteiger partial charge in [0.25, 0.3) is 0 Å². The van der Waals surface area contributed by atoms with Crippen molar-refractivity contribution in [2.24, 2.45) is 11.7 Å². The Morgan fingerprint density at radius 1 is 1.27 bits per heavy atom. The molecule has 1 unspecified atom stereocenters. The van der Waals surface area contributed by atoms with E-state index in [9.17, 15) is 9.59 Å². The third kappa shape index (κ3) is 3.47. The van der Waals surface area contributed by atoms with E-state index < -0.39 is 5.54 Å². The van der Waals surface area contributed by atoms with Crippen LogP contribution in [0, 0.1) is 5.92 Å². The average Bonchev–Trinajstić information content (AvgIpc) is 2.55. The van der Waals surface area contributed by atoms with Gasteiger partial charge in [-0.2, -0.15) is 0 Å². The lowest BCUT2D eigenvalue weighted by molar-refractivity contribution is -0.152. The standard InChI is InChI=1S/C17H24N2O3/c1-3-22-15(20)13-9-11-19(12-10-13)16(21)17(2,18)14-7-5-4-6-8-14/h4-8,13H,3,9-12,18H2,1-2H3. The van der Waals surface area contributed by atoms with Crippen molar-refractivity contribution < 1.29 is 14.3 Å². The van der Waals surface area contributed by atoms with Crippen LogP contribution in [0.15, 0.2) is 30.3 Å². The highest BCUT2D eigenvalue weighted by molar-refractivity contribution is 5.87. The smallest absolute Gasteiger partial charge is 0.309 e. The molecule has 1 atom stereocenters. The van der Waals surface area contributed by atoms with Crippen molar-refractivity contribution >= 4 is 11.9 Å². The highest BCUT2D eigenvalue weighted by Crippen LogP contribution is 2.25. The molecular formula is C17H24N2O3. The fourth-order valence-electron chi connectivity index (χ4n) is 2.81. The van der Waals surface area contributed by atoms with E-state index in [0.29, 0.717) is 32.5 Å². The number of carbonyl (C=O) groups excluding carboxylic acids is 2. The van der Waals surface area contributed by atoms with Gasteiger partial charge >= 0.3 is 5.97 Å². The minimum Gasteiger partial charge on any atom is -0.466 e. The summed E-state index contributed by atoms with van der Waals surface area (Å²) in [6, 6.07) is 9.38. The van der Waals surface area contributed by atoms with Gasteiger partial charge < -0.3 is 15.4 Å². The van der Waals surface area contributed by atoms with Crippen molar-refractivity contribution in [2.75, 3.05) is 19.7 Å². The summed E-state index contributed by atoms with van der Waals surface area (Å²) in [5.41, 5.74) is 6.03. The lowest BCUT2D eigenvalue weighted by atomic mass is 9.89. The van der Waals surface area contributed by atoms with Gasteiger partial charge in [0.2, 0.25) is 5.91 Å². The molecule has 1 aromatic carbocycles. The number of nitrogens with two attached hydrogens (primary N) is 1. The predicted molar refractivity (Wildman–Crippen MR) is 83.9 cm³/mol. The first-order valence-electron chi connectivity index (χ1n) is 7.77. The summed E-state index contributed by atoms with van der Waals surface area (Å²) < 4.78 is 5.05. The maximum atomic E-state index is 12.7. The van der Waals surface area contributed by atoms with E-state index in [1.54, 1.807) is 18.7 Å². The Balaban J connectivity index is 1.99. The SMILES string of the molecule is CCOC(=O)C1CCN(C(=O)C(C)(N)c2ccccc2)CC1. The number of nitrogens with zero attached hydrogens (tertiary/aromatic N) is 1. The molecule has 0 radical (unpaired) electrons. The van der Waals surface area contributed by atoms with Crippen LogP contribution in [0.2, 0.25) is 0 Å². The highest BCUT2D eigenvalue weighted by Gasteiger charge is 2.37. The molecule has 2 N–H and O–H groups in total. The molecule has 2 rings (SSSR count). The summed E-state index contributed by atoms with van der Waals surface area (Å²) in [7, 11) is 0. The number of amides is 1. The van der Waals surface area contributed by atoms with Gasteiger partial charge in [0, 0.05) is 13.1 Å². The number of piperidine rings is 1. The van der Waals surface area contributed by atoms with Crippen LogP contribution < -0.4 is 5.73 Å². The maximum Gasteiger partial charge on any atom is 0.309 e. The number of rotatable bonds is 4. The first-order chi connectivity index (χ1) is 10.5. The third-order valence-corrected chi connectivity index (χ3v) is 4.22. The molecule has 0 saturated carbocycles. The van der Waals surface area contributed by atoms with Gasteiger partial charge in [-0.05, 0) is 32.3 Å². The van der Waals surface area contributed by atoms with Crippen LogP contribution in [-0.2, 0) is 19.9 Å². The van der Waals surface area contributed by atoms with Gasteiger partial charge in [-0.1, -0.05) is 30.3 Å². The molecule has 22 heavy (non-hydrogen) atoms. The van der Waals surface area contributed by atoms with E-state index in [-0.39, 0.29) is 17.8 Å². The number of esters is 1. The fraction of sp³-hybridized carbons (Fsp3) is 0.529. The molecule has 0 bridgehead atoms. The van der Waals surface area contributed by atoms with Gasteiger partial charge in [-0.25, -0.2) is 0 Å². The second-order valence-corrected chi connectivity index (χ2v) is 5.89. The molecule has 5 nitrogen and oxygen atoms in total. The van der Waals surface area contributed by atoms with Crippen molar-refractivity contribution in [3.8, 4) is 0 Å². The first-order valence-corrected chi connectivity index (χ1v) is 7.77. The Kier molecular flexibility index (Phi) is 5.19. The zero-order valence-electron chi connectivity index (χ0n) is 13.2. The van der Waals surface area contributed by atoms with Crippen molar-refractivity contribution in [2.45, 2.75) is 32.2 Å². The largest absolute Gasteiger partial charge is 0.466 e. The van der Waals surface area contributed by atoms with Crippen LogP contribution in [0.4, 0.5) is 0 Å². The van der Waals surface area contributed by atoms with Crippen molar-refractivity contribution in [1.82, 2.24) is 4.90 Å². The van der Waals surface area contributed by atoms with Crippen molar-refractivity contribution in [1.29, 1.82) is 0 Å². The van der Waals surface area contributed by atoms with Crippen molar-refractivity contribution in [3.05, 3.63) is 35.9 Å². The van der Waals surface area contributed by atoms with Crippen LogP contribution >= 0.6 is 0 Å². The van der Waals surface area contributed by atoms with Crippen LogP contribution in [0.5, 0.6) is 0 Å². The molecular weight excluding hydrogens is 280 g/mol. The van der Waals surface area contributed by atoms with E-state index in [2.05, 4.69) is 0 Å². The molecule has 5 heteroatoms. The van der Waals surface area contributed by atoms with Crippen LogP contribution in [0.25, 0.3) is 0 Å². The molecule has 0 aliphatic carbocycles. The lowest BCUT2D eigenvalue weighted by Gasteiger charge is -2.36. The monoisotopic (exact) mass is 304 g/mol. The van der Waals surface area contributed by atoms with Crippen molar-refractivity contribution in [3.63, 3.8) is 0 Å². The molecule has 120 valence electrons. The number of benzene rings is 1. The molecule has 1 aromatic rings. The van der Waals surface area contributed by atoms with Crippen LogP contribution in [-0.4, -0.2) is 36.5 Å². The van der Waals surface area contributed by atoms with Gasteiger partial charge in [-0.15, -0.1) is 0 Å². The summed E-state index contributed by atoms with van der Waals surface area (Å²) in [5.74, 6) is -0.362. The Morgan fingerprint density at radius 2 is 1.86 bits per heavy atom. The normalized spacial score (nSPS) is 18.6. The summed E-state index contributed by atoms with van der Waals surface area (Å²) in [5, 5.41) is 0. The summed E-state index contributed by atoms with van der Waals surface area (Å²) >= 11 is 0. The second kappa shape index (κ2) is 6.92. The minimum atomic E-state index is -1.04. The molecule has 1 heterocycles. The Morgan fingerprint density at radius 3 is 2.41 bits per heavy atom. The van der Waals surface area contributed by atoms with Gasteiger partial charge in [0.1, 0.15) is 5.54 Å². The zero-order valence-corrected chi connectivity index (χ0v) is 13.2. The quantitative estimate of drug-likeness (QED) is 0.859. The number of hydrogen-bond acceptors (Lipinski definition) is 4. The van der Waals surface area contributed by atoms with Gasteiger partial charge in [-0.3, -0.25) is 9.59 Å². The van der Waals surface area contributed by atoms with E-state index in [0.717, 1.165) is 5.56 Å². The topological polar surface area (TPSA) is 72.6 Å².